The topological polar surface area (TPSA) is 75.5 Å². The van der Waals surface area contributed by atoms with E-state index in [-0.39, 0.29) is 18.4 Å². The van der Waals surface area contributed by atoms with Crippen molar-refractivity contribution in [3.63, 3.8) is 0 Å². The SMILES string of the molecule is CC(NC(=O)C(C)(C)C)C(=O)NCc1cn2cc(Cl)ccc2n1. The average molecular weight is 337 g/mol. The highest BCUT2D eigenvalue weighted by molar-refractivity contribution is 6.30. The first kappa shape index (κ1) is 17.3. The molecule has 1 atom stereocenters. The third kappa shape index (κ3) is 4.45. The number of imidazole rings is 1. The van der Waals surface area contributed by atoms with Gasteiger partial charge in [-0.2, -0.15) is 0 Å². The number of carbonyl (C=O) groups excluding carboxylic acids is 2. The minimum absolute atomic E-state index is 0.164. The molecule has 2 rings (SSSR count). The van der Waals surface area contributed by atoms with Crippen LogP contribution in [-0.2, 0) is 16.1 Å². The summed E-state index contributed by atoms with van der Waals surface area (Å²) >= 11 is 5.92. The smallest absolute Gasteiger partial charge is 0.242 e. The van der Waals surface area contributed by atoms with Gasteiger partial charge in [0.05, 0.1) is 17.3 Å². The van der Waals surface area contributed by atoms with Crippen LogP contribution >= 0.6 is 11.6 Å². The minimum atomic E-state index is -0.604. The molecule has 6 nitrogen and oxygen atoms in total. The average Bonchev–Trinajstić information content (AvgIpc) is 2.85. The number of nitrogens with one attached hydrogen (secondary N) is 2. The van der Waals surface area contributed by atoms with E-state index in [9.17, 15) is 9.59 Å². The van der Waals surface area contributed by atoms with Gasteiger partial charge in [0.1, 0.15) is 11.7 Å². The maximum Gasteiger partial charge on any atom is 0.242 e. The molecular formula is C16H21ClN4O2. The minimum Gasteiger partial charge on any atom is -0.349 e. The molecule has 2 amide bonds. The van der Waals surface area contributed by atoms with Gasteiger partial charge in [-0.1, -0.05) is 32.4 Å². The van der Waals surface area contributed by atoms with Gasteiger partial charge in [0, 0.05) is 17.8 Å². The number of rotatable bonds is 4. The zero-order valence-corrected chi connectivity index (χ0v) is 14.4. The third-order valence-corrected chi connectivity index (χ3v) is 3.55. The molecule has 0 saturated heterocycles. The van der Waals surface area contributed by atoms with Gasteiger partial charge in [0.15, 0.2) is 0 Å². The number of halogens is 1. The van der Waals surface area contributed by atoms with Crippen molar-refractivity contribution in [1.82, 2.24) is 20.0 Å². The summed E-state index contributed by atoms with van der Waals surface area (Å²) in [4.78, 5) is 28.3. The first-order chi connectivity index (χ1) is 10.7. The first-order valence-corrected chi connectivity index (χ1v) is 7.76. The maximum absolute atomic E-state index is 12.1. The highest BCUT2D eigenvalue weighted by atomic mass is 35.5. The van der Waals surface area contributed by atoms with Gasteiger partial charge in [0.2, 0.25) is 11.8 Å². The van der Waals surface area contributed by atoms with Crippen LogP contribution < -0.4 is 10.6 Å². The number of amides is 2. The number of hydrogen-bond acceptors (Lipinski definition) is 3. The molecular weight excluding hydrogens is 316 g/mol. The van der Waals surface area contributed by atoms with Gasteiger partial charge in [-0.3, -0.25) is 9.59 Å². The number of aromatic nitrogens is 2. The fourth-order valence-electron chi connectivity index (χ4n) is 1.91. The van der Waals surface area contributed by atoms with Crippen molar-refractivity contribution in [1.29, 1.82) is 0 Å². The Labute approximate surface area is 140 Å². The summed E-state index contributed by atoms with van der Waals surface area (Å²) in [6, 6.07) is 2.96. The summed E-state index contributed by atoms with van der Waals surface area (Å²) in [7, 11) is 0. The van der Waals surface area contributed by atoms with Crippen LogP contribution in [0.2, 0.25) is 5.02 Å². The van der Waals surface area contributed by atoms with Gasteiger partial charge < -0.3 is 15.0 Å². The van der Waals surface area contributed by atoms with Crippen molar-refractivity contribution >= 4 is 29.1 Å². The van der Waals surface area contributed by atoms with Crippen LogP contribution in [0.15, 0.2) is 24.5 Å². The normalized spacial score (nSPS) is 12.9. The molecule has 2 heterocycles. The molecule has 0 fully saturated rings. The number of nitrogens with zero attached hydrogens (tertiary/aromatic N) is 2. The summed E-state index contributed by atoms with van der Waals surface area (Å²) in [6.45, 7) is 7.34. The Hall–Kier alpha value is -2.08. The Balaban J connectivity index is 1.93. The molecule has 124 valence electrons. The maximum atomic E-state index is 12.1. The molecule has 2 aromatic heterocycles. The molecule has 0 bridgehead atoms. The molecule has 0 aliphatic carbocycles. The van der Waals surface area contributed by atoms with Crippen LogP contribution in [0.1, 0.15) is 33.4 Å². The van der Waals surface area contributed by atoms with Crippen molar-refractivity contribution in [3.8, 4) is 0 Å². The molecule has 0 spiro atoms. The van der Waals surface area contributed by atoms with Crippen molar-refractivity contribution in [2.24, 2.45) is 5.41 Å². The van der Waals surface area contributed by atoms with Crippen LogP contribution in [0.25, 0.3) is 5.65 Å². The molecule has 23 heavy (non-hydrogen) atoms. The number of fused-ring (bicyclic) bond motifs is 1. The van der Waals surface area contributed by atoms with Crippen molar-refractivity contribution in [2.45, 2.75) is 40.3 Å². The predicted octanol–water partition coefficient (Wildman–Crippen LogP) is 2.15. The summed E-state index contributed by atoms with van der Waals surface area (Å²) in [6.07, 6.45) is 3.56. The molecule has 0 saturated carbocycles. The highest BCUT2D eigenvalue weighted by Crippen LogP contribution is 2.13. The second-order valence-corrected chi connectivity index (χ2v) is 6.94. The standard InChI is InChI=1S/C16H21ClN4O2/c1-10(19-15(23)16(2,3)4)14(22)18-7-12-9-21-8-11(17)5-6-13(21)20-12/h5-6,8-10H,7H2,1-4H3,(H,18,22)(H,19,23). The van der Waals surface area contributed by atoms with Crippen LogP contribution in [0.3, 0.4) is 0 Å². The largest absolute Gasteiger partial charge is 0.349 e. The van der Waals surface area contributed by atoms with E-state index in [0.717, 1.165) is 11.3 Å². The van der Waals surface area contributed by atoms with Gasteiger partial charge in [-0.05, 0) is 19.1 Å². The van der Waals surface area contributed by atoms with E-state index >= 15 is 0 Å². The van der Waals surface area contributed by atoms with E-state index < -0.39 is 11.5 Å². The monoisotopic (exact) mass is 336 g/mol. The number of carbonyl (C=O) groups is 2. The van der Waals surface area contributed by atoms with Gasteiger partial charge in [-0.25, -0.2) is 4.98 Å². The zero-order valence-electron chi connectivity index (χ0n) is 13.7. The summed E-state index contributed by atoms with van der Waals surface area (Å²) in [5.74, 6) is -0.416. The van der Waals surface area contributed by atoms with E-state index in [4.69, 9.17) is 11.6 Å². The third-order valence-electron chi connectivity index (χ3n) is 3.33. The quantitative estimate of drug-likeness (QED) is 0.898. The fourth-order valence-corrected chi connectivity index (χ4v) is 2.08. The lowest BCUT2D eigenvalue weighted by Gasteiger charge is -2.21. The molecule has 0 radical (unpaired) electrons. The Morgan fingerprint density at radius 3 is 2.65 bits per heavy atom. The van der Waals surface area contributed by atoms with E-state index in [0.29, 0.717) is 5.02 Å². The molecule has 0 aliphatic heterocycles. The second-order valence-electron chi connectivity index (χ2n) is 6.51. The summed E-state index contributed by atoms with van der Waals surface area (Å²) < 4.78 is 1.80. The molecule has 2 aromatic rings. The molecule has 7 heteroatoms. The first-order valence-electron chi connectivity index (χ1n) is 7.38. The van der Waals surface area contributed by atoms with Crippen molar-refractivity contribution in [3.05, 3.63) is 35.2 Å². The Bertz CT molecular complexity index is 733. The van der Waals surface area contributed by atoms with Gasteiger partial charge >= 0.3 is 0 Å². The van der Waals surface area contributed by atoms with E-state index in [2.05, 4.69) is 15.6 Å². The van der Waals surface area contributed by atoms with Crippen molar-refractivity contribution < 1.29 is 9.59 Å². The number of hydrogen-bond donors (Lipinski definition) is 2. The van der Waals surface area contributed by atoms with Gasteiger partial charge in [-0.15, -0.1) is 0 Å². The Morgan fingerprint density at radius 1 is 1.30 bits per heavy atom. The van der Waals surface area contributed by atoms with Crippen molar-refractivity contribution in [2.75, 3.05) is 0 Å². The van der Waals surface area contributed by atoms with Crippen LogP contribution in [-0.4, -0.2) is 27.2 Å². The second kappa shape index (κ2) is 6.58. The molecule has 1 unspecified atom stereocenters. The van der Waals surface area contributed by atoms with Crippen LogP contribution in [0.4, 0.5) is 0 Å². The molecule has 0 aromatic carbocycles. The summed E-state index contributed by atoms with van der Waals surface area (Å²) in [5, 5.41) is 6.08. The lowest BCUT2D eigenvalue weighted by atomic mass is 9.95. The van der Waals surface area contributed by atoms with Gasteiger partial charge in [0.25, 0.3) is 0 Å². The molecule has 2 N–H and O–H groups in total. The van der Waals surface area contributed by atoms with Crippen LogP contribution in [0, 0.1) is 5.41 Å². The Morgan fingerprint density at radius 2 is 2.00 bits per heavy atom. The predicted molar refractivity (Wildman–Crippen MR) is 89.1 cm³/mol. The number of pyridine rings is 1. The lowest BCUT2D eigenvalue weighted by Crippen LogP contribution is -2.48. The Kier molecular flexibility index (Phi) is 4.94. The van der Waals surface area contributed by atoms with Crippen LogP contribution in [0.5, 0.6) is 0 Å². The fraction of sp³-hybridized carbons (Fsp3) is 0.438. The van der Waals surface area contributed by atoms with E-state index in [1.165, 1.54) is 0 Å². The van der Waals surface area contributed by atoms with E-state index in [1.807, 2.05) is 0 Å². The molecule has 0 aliphatic rings. The van der Waals surface area contributed by atoms with E-state index in [1.54, 1.807) is 56.6 Å². The lowest BCUT2D eigenvalue weighted by molar-refractivity contribution is -0.133. The summed E-state index contributed by atoms with van der Waals surface area (Å²) in [5.41, 5.74) is 0.942. The zero-order chi connectivity index (χ0) is 17.2. The highest BCUT2D eigenvalue weighted by Gasteiger charge is 2.24.